The number of amides is 1. The minimum Gasteiger partial charge on any atom is -0.337 e. The summed E-state index contributed by atoms with van der Waals surface area (Å²) in [5.74, 6) is 0.741. The van der Waals surface area contributed by atoms with Gasteiger partial charge in [0.2, 0.25) is 5.91 Å². The van der Waals surface area contributed by atoms with E-state index >= 15 is 0 Å². The maximum Gasteiger partial charge on any atom is 0.225 e. The van der Waals surface area contributed by atoms with E-state index in [9.17, 15) is 4.79 Å². The molecule has 0 radical (unpaired) electrons. The second kappa shape index (κ2) is 4.86. The summed E-state index contributed by atoms with van der Waals surface area (Å²) < 4.78 is 7.09. The van der Waals surface area contributed by atoms with Crippen molar-refractivity contribution in [1.29, 1.82) is 0 Å². The highest BCUT2D eigenvalue weighted by molar-refractivity contribution is 5.82. The van der Waals surface area contributed by atoms with Crippen molar-refractivity contribution in [2.45, 2.75) is 37.0 Å². The Bertz CT molecular complexity index is 909. The molecule has 1 unspecified atom stereocenters. The van der Waals surface area contributed by atoms with Crippen LogP contribution in [-0.2, 0) is 15.1 Å². The first-order valence-electron chi connectivity index (χ1n) is 9.61. The molecule has 1 atom stereocenters. The fourth-order valence-electron chi connectivity index (χ4n) is 5.32. The summed E-state index contributed by atoms with van der Waals surface area (Å²) >= 11 is 0. The molecule has 2 aliphatic carbocycles. The predicted octanol–water partition coefficient (Wildman–Crippen LogP) is 4.17. The fraction of sp³-hybridized carbons (Fsp3) is 0.348. The quantitative estimate of drug-likeness (QED) is 0.778. The molecule has 2 aromatic carbocycles. The van der Waals surface area contributed by atoms with E-state index in [2.05, 4.69) is 65.6 Å². The zero-order valence-electron chi connectivity index (χ0n) is 14.7. The van der Waals surface area contributed by atoms with Crippen LogP contribution in [-0.4, -0.2) is 23.1 Å². The molecule has 130 valence electrons. The molecule has 0 N–H and O–H groups in total. The Hall–Kier alpha value is -2.39. The number of carbonyl (C=O) groups is 1. The van der Waals surface area contributed by atoms with E-state index in [0.29, 0.717) is 18.9 Å². The van der Waals surface area contributed by atoms with Crippen LogP contribution in [0.2, 0.25) is 0 Å². The molecule has 2 aromatic rings. The van der Waals surface area contributed by atoms with Crippen LogP contribution < -0.4 is 0 Å². The third kappa shape index (κ3) is 1.74. The second-order valence-corrected chi connectivity index (χ2v) is 8.04. The summed E-state index contributed by atoms with van der Waals surface area (Å²) in [5.41, 5.74) is 3.76. The molecule has 2 saturated heterocycles. The number of carbonyl (C=O) groups excluding carboxylic acids is 1. The van der Waals surface area contributed by atoms with Gasteiger partial charge in [0, 0.05) is 18.8 Å². The van der Waals surface area contributed by atoms with Crippen LogP contribution in [0.25, 0.3) is 12.2 Å². The van der Waals surface area contributed by atoms with Gasteiger partial charge in [-0.1, -0.05) is 60.7 Å². The van der Waals surface area contributed by atoms with Crippen molar-refractivity contribution in [3.8, 4) is 0 Å². The topological polar surface area (TPSA) is 29.5 Å². The number of benzene rings is 2. The number of fused-ring (bicyclic) bond motifs is 5. The minimum atomic E-state index is -0.574. The van der Waals surface area contributed by atoms with Crippen molar-refractivity contribution < 1.29 is 9.53 Å². The molecular formula is C23H21NO2. The van der Waals surface area contributed by atoms with Gasteiger partial charge in [0.1, 0.15) is 11.3 Å². The first-order chi connectivity index (χ1) is 12.7. The van der Waals surface area contributed by atoms with Crippen LogP contribution in [0.5, 0.6) is 0 Å². The van der Waals surface area contributed by atoms with E-state index in [-0.39, 0.29) is 5.91 Å². The van der Waals surface area contributed by atoms with E-state index < -0.39 is 11.3 Å². The Labute approximate surface area is 153 Å². The molecule has 2 aliphatic heterocycles. The van der Waals surface area contributed by atoms with Crippen molar-refractivity contribution in [2.24, 2.45) is 5.92 Å². The summed E-state index contributed by atoms with van der Waals surface area (Å²) in [6.07, 6.45) is 8.15. The lowest BCUT2D eigenvalue weighted by atomic mass is 9.83. The van der Waals surface area contributed by atoms with Gasteiger partial charge in [0.15, 0.2) is 0 Å². The maximum absolute atomic E-state index is 12.8. The van der Waals surface area contributed by atoms with Gasteiger partial charge < -0.3 is 9.64 Å². The lowest BCUT2D eigenvalue weighted by Gasteiger charge is -2.35. The van der Waals surface area contributed by atoms with Crippen molar-refractivity contribution in [3.63, 3.8) is 0 Å². The zero-order valence-corrected chi connectivity index (χ0v) is 14.7. The Morgan fingerprint density at radius 3 is 2.15 bits per heavy atom. The summed E-state index contributed by atoms with van der Waals surface area (Å²) in [6.45, 7) is 0.623. The third-order valence-corrected chi connectivity index (χ3v) is 6.64. The molecule has 3 nitrogen and oxygen atoms in total. The van der Waals surface area contributed by atoms with Crippen molar-refractivity contribution in [2.75, 3.05) is 6.54 Å². The van der Waals surface area contributed by atoms with E-state index in [1.807, 2.05) is 0 Å². The molecular weight excluding hydrogens is 322 g/mol. The lowest BCUT2D eigenvalue weighted by Crippen LogP contribution is -2.43. The summed E-state index contributed by atoms with van der Waals surface area (Å²) in [6, 6.07) is 17.0. The molecule has 26 heavy (non-hydrogen) atoms. The summed E-state index contributed by atoms with van der Waals surface area (Å²) in [7, 11) is 0. The zero-order chi connectivity index (χ0) is 17.4. The number of hydrogen-bond acceptors (Lipinski definition) is 2. The standard InChI is InChI=1S/C23H21NO2/c25-21-13-14-23(18-11-12-18)24(21)15-22(26-23)19-7-3-1-5-16(19)9-10-17-6-2-4-8-20(17)22/h1-10,18H,11-15H2. The van der Waals surface area contributed by atoms with Crippen molar-refractivity contribution in [1.82, 2.24) is 4.90 Å². The van der Waals surface area contributed by atoms with Gasteiger partial charge in [-0.05, 0) is 35.1 Å². The number of hydrogen-bond donors (Lipinski definition) is 0. The molecule has 2 heterocycles. The van der Waals surface area contributed by atoms with Crippen LogP contribution in [0.3, 0.4) is 0 Å². The number of nitrogens with zero attached hydrogens (tertiary/aromatic N) is 1. The lowest BCUT2D eigenvalue weighted by molar-refractivity contribution is -0.149. The second-order valence-electron chi connectivity index (χ2n) is 8.04. The number of rotatable bonds is 1. The molecule has 4 aliphatic rings. The molecule has 1 amide bonds. The molecule has 0 aromatic heterocycles. The third-order valence-electron chi connectivity index (χ3n) is 6.64. The summed E-state index contributed by atoms with van der Waals surface area (Å²) in [5, 5.41) is 0. The fourth-order valence-corrected chi connectivity index (χ4v) is 5.32. The molecule has 1 spiro atoms. The Kier molecular flexibility index (Phi) is 2.76. The van der Waals surface area contributed by atoms with Gasteiger partial charge in [-0.25, -0.2) is 0 Å². The van der Waals surface area contributed by atoms with Gasteiger partial charge in [-0.3, -0.25) is 4.79 Å². The average molecular weight is 343 g/mol. The smallest absolute Gasteiger partial charge is 0.225 e. The minimum absolute atomic E-state index is 0.251. The predicted molar refractivity (Wildman–Crippen MR) is 100 cm³/mol. The van der Waals surface area contributed by atoms with E-state index in [0.717, 1.165) is 6.42 Å². The number of ether oxygens (including phenoxy) is 1. The normalized spacial score (nSPS) is 28.0. The van der Waals surface area contributed by atoms with Crippen LogP contribution >= 0.6 is 0 Å². The van der Waals surface area contributed by atoms with Crippen LogP contribution in [0.15, 0.2) is 48.5 Å². The van der Waals surface area contributed by atoms with Crippen molar-refractivity contribution >= 4 is 18.1 Å². The van der Waals surface area contributed by atoms with Gasteiger partial charge in [-0.2, -0.15) is 0 Å². The highest BCUT2D eigenvalue weighted by Gasteiger charge is 2.66. The average Bonchev–Trinajstić information content (AvgIpc) is 3.42. The maximum atomic E-state index is 12.8. The molecule has 6 rings (SSSR count). The molecule has 3 fully saturated rings. The first kappa shape index (κ1) is 14.7. The van der Waals surface area contributed by atoms with Gasteiger partial charge >= 0.3 is 0 Å². The monoisotopic (exact) mass is 343 g/mol. The Balaban J connectivity index is 1.62. The molecule has 3 heteroatoms. The van der Waals surface area contributed by atoms with Crippen LogP contribution in [0.4, 0.5) is 0 Å². The highest BCUT2D eigenvalue weighted by atomic mass is 16.6. The highest BCUT2D eigenvalue weighted by Crippen LogP contribution is 2.59. The van der Waals surface area contributed by atoms with Gasteiger partial charge in [0.05, 0.1) is 6.54 Å². The largest absolute Gasteiger partial charge is 0.337 e. The molecule has 1 saturated carbocycles. The first-order valence-corrected chi connectivity index (χ1v) is 9.61. The summed E-state index contributed by atoms with van der Waals surface area (Å²) in [4.78, 5) is 14.8. The SMILES string of the molecule is O=C1CCC2(C3CC3)OC3(CN12)c1ccccc1C=Cc1ccccc13. The van der Waals surface area contributed by atoms with Gasteiger partial charge in [0.25, 0.3) is 0 Å². The van der Waals surface area contributed by atoms with Crippen LogP contribution in [0, 0.1) is 5.92 Å². The van der Waals surface area contributed by atoms with Gasteiger partial charge in [-0.15, -0.1) is 0 Å². The van der Waals surface area contributed by atoms with Crippen LogP contribution in [0.1, 0.15) is 47.9 Å². The Morgan fingerprint density at radius 2 is 1.54 bits per heavy atom. The Morgan fingerprint density at radius 1 is 0.923 bits per heavy atom. The van der Waals surface area contributed by atoms with Crippen molar-refractivity contribution in [3.05, 3.63) is 70.8 Å². The van der Waals surface area contributed by atoms with E-state index in [4.69, 9.17) is 4.74 Å². The molecule has 0 bridgehead atoms. The van der Waals surface area contributed by atoms with E-state index in [1.54, 1.807) is 0 Å². The van der Waals surface area contributed by atoms with E-state index in [1.165, 1.54) is 35.1 Å².